The SMILES string of the molecule is CNC1CCc2c(OCc3ccno3)cccc21. The van der Waals surface area contributed by atoms with E-state index in [-0.39, 0.29) is 0 Å². The summed E-state index contributed by atoms with van der Waals surface area (Å²) in [6.07, 6.45) is 3.83. The van der Waals surface area contributed by atoms with Crippen molar-refractivity contribution in [3.63, 3.8) is 0 Å². The van der Waals surface area contributed by atoms with E-state index in [0.717, 1.165) is 24.4 Å². The van der Waals surface area contributed by atoms with E-state index in [9.17, 15) is 0 Å². The number of nitrogens with one attached hydrogen (secondary N) is 1. The van der Waals surface area contributed by atoms with Crippen molar-refractivity contribution in [2.75, 3.05) is 7.05 Å². The fourth-order valence-electron chi connectivity index (χ4n) is 2.52. The lowest BCUT2D eigenvalue weighted by Crippen LogP contribution is -2.12. The third kappa shape index (κ3) is 1.99. The second-order valence-electron chi connectivity index (χ2n) is 4.47. The van der Waals surface area contributed by atoms with Gasteiger partial charge in [0.15, 0.2) is 5.76 Å². The molecule has 0 saturated heterocycles. The van der Waals surface area contributed by atoms with Crippen LogP contribution in [0.4, 0.5) is 0 Å². The molecule has 0 saturated carbocycles. The van der Waals surface area contributed by atoms with Gasteiger partial charge in [0.2, 0.25) is 0 Å². The van der Waals surface area contributed by atoms with Gasteiger partial charge < -0.3 is 14.6 Å². The maximum atomic E-state index is 5.82. The highest BCUT2D eigenvalue weighted by Crippen LogP contribution is 2.36. The predicted octanol–water partition coefficient (Wildman–Crippen LogP) is 2.46. The van der Waals surface area contributed by atoms with E-state index in [1.807, 2.05) is 25.2 Å². The molecule has 3 rings (SSSR count). The van der Waals surface area contributed by atoms with Gasteiger partial charge in [-0.15, -0.1) is 0 Å². The van der Waals surface area contributed by atoms with Crippen LogP contribution in [0.2, 0.25) is 0 Å². The highest BCUT2D eigenvalue weighted by atomic mass is 16.5. The number of benzene rings is 1. The van der Waals surface area contributed by atoms with Crippen LogP contribution in [0, 0.1) is 0 Å². The Hall–Kier alpha value is -1.81. The zero-order chi connectivity index (χ0) is 12.4. The summed E-state index contributed by atoms with van der Waals surface area (Å²) in [4.78, 5) is 0. The van der Waals surface area contributed by atoms with Crippen LogP contribution >= 0.6 is 0 Å². The Bertz CT molecular complexity index is 523. The Balaban J connectivity index is 1.79. The van der Waals surface area contributed by atoms with Crippen molar-refractivity contribution >= 4 is 0 Å². The molecule has 1 atom stereocenters. The Morgan fingerprint density at radius 1 is 1.44 bits per heavy atom. The molecular weight excluding hydrogens is 228 g/mol. The van der Waals surface area contributed by atoms with E-state index in [0.29, 0.717) is 12.6 Å². The molecule has 1 unspecified atom stereocenters. The smallest absolute Gasteiger partial charge is 0.174 e. The first-order chi connectivity index (χ1) is 8.88. The zero-order valence-corrected chi connectivity index (χ0v) is 10.3. The molecule has 0 spiro atoms. The minimum atomic E-state index is 0.431. The first-order valence-corrected chi connectivity index (χ1v) is 6.20. The number of hydrogen-bond acceptors (Lipinski definition) is 4. The maximum Gasteiger partial charge on any atom is 0.174 e. The van der Waals surface area contributed by atoms with Crippen LogP contribution in [-0.2, 0) is 13.0 Å². The van der Waals surface area contributed by atoms with Gasteiger partial charge in [0.05, 0.1) is 6.20 Å². The van der Waals surface area contributed by atoms with Crippen molar-refractivity contribution in [1.82, 2.24) is 10.5 Å². The largest absolute Gasteiger partial charge is 0.485 e. The van der Waals surface area contributed by atoms with Gasteiger partial charge in [-0.25, -0.2) is 0 Å². The molecule has 2 aromatic rings. The minimum absolute atomic E-state index is 0.431. The van der Waals surface area contributed by atoms with Crippen LogP contribution in [0.1, 0.15) is 29.3 Å². The number of rotatable bonds is 4. The molecule has 94 valence electrons. The van der Waals surface area contributed by atoms with E-state index < -0.39 is 0 Å². The van der Waals surface area contributed by atoms with Crippen molar-refractivity contribution in [1.29, 1.82) is 0 Å². The average molecular weight is 244 g/mol. The third-order valence-corrected chi connectivity index (χ3v) is 3.44. The molecule has 4 heteroatoms. The quantitative estimate of drug-likeness (QED) is 0.897. The van der Waals surface area contributed by atoms with E-state index in [4.69, 9.17) is 9.26 Å². The molecule has 0 bridgehead atoms. The van der Waals surface area contributed by atoms with Crippen molar-refractivity contribution in [3.8, 4) is 5.75 Å². The van der Waals surface area contributed by atoms with Crippen LogP contribution in [0.5, 0.6) is 5.75 Å². The molecule has 1 aromatic heterocycles. The van der Waals surface area contributed by atoms with Crippen LogP contribution in [-0.4, -0.2) is 12.2 Å². The summed E-state index contributed by atoms with van der Waals surface area (Å²) in [5.74, 6) is 1.71. The molecule has 0 fully saturated rings. The topological polar surface area (TPSA) is 47.3 Å². The molecule has 0 aliphatic heterocycles. The minimum Gasteiger partial charge on any atom is -0.485 e. The molecule has 1 aliphatic carbocycles. The molecular formula is C14H16N2O2. The maximum absolute atomic E-state index is 5.82. The molecule has 4 nitrogen and oxygen atoms in total. The lowest BCUT2D eigenvalue weighted by atomic mass is 10.1. The van der Waals surface area contributed by atoms with Crippen molar-refractivity contribution in [2.24, 2.45) is 0 Å². The number of hydrogen-bond donors (Lipinski definition) is 1. The summed E-state index contributed by atoms with van der Waals surface area (Å²) in [5.41, 5.74) is 2.67. The second kappa shape index (κ2) is 4.82. The van der Waals surface area contributed by atoms with Crippen molar-refractivity contribution in [2.45, 2.75) is 25.5 Å². The first-order valence-electron chi connectivity index (χ1n) is 6.20. The molecule has 18 heavy (non-hydrogen) atoms. The summed E-state index contributed by atoms with van der Waals surface area (Å²) in [7, 11) is 2.00. The number of nitrogens with zero attached hydrogens (tertiary/aromatic N) is 1. The van der Waals surface area contributed by atoms with E-state index in [1.165, 1.54) is 11.1 Å². The molecule has 0 amide bonds. The van der Waals surface area contributed by atoms with E-state index in [2.05, 4.69) is 16.5 Å². The highest BCUT2D eigenvalue weighted by Gasteiger charge is 2.23. The summed E-state index contributed by atoms with van der Waals surface area (Å²) in [6, 6.07) is 8.51. The highest BCUT2D eigenvalue weighted by molar-refractivity contribution is 5.45. The Kier molecular flexibility index (Phi) is 3.02. The van der Waals surface area contributed by atoms with Gasteiger partial charge in [0.1, 0.15) is 12.4 Å². The van der Waals surface area contributed by atoms with E-state index in [1.54, 1.807) is 6.20 Å². The van der Waals surface area contributed by atoms with Gasteiger partial charge in [-0.05, 0) is 37.1 Å². The zero-order valence-electron chi connectivity index (χ0n) is 10.3. The summed E-state index contributed by atoms with van der Waals surface area (Å²) >= 11 is 0. The lowest BCUT2D eigenvalue weighted by molar-refractivity contribution is 0.247. The Labute approximate surface area is 106 Å². The third-order valence-electron chi connectivity index (χ3n) is 3.44. The van der Waals surface area contributed by atoms with Crippen molar-refractivity contribution in [3.05, 3.63) is 47.3 Å². The van der Waals surface area contributed by atoms with Crippen LogP contribution in [0.15, 0.2) is 35.0 Å². The average Bonchev–Trinajstić information content (AvgIpc) is 3.05. The standard InChI is InChI=1S/C14H16N2O2/c1-15-13-6-5-12-11(13)3-2-4-14(12)17-9-10-7-8-16-18-10/h2-4,7-8,13,15H,5-6,9H2,1H3. The van der Waals surface area contributed by atoms with E-state index >= 15 is 0 Å². The molecule has 1 aromatic carbocycles. The predicted molar refractivity (Wildman–Crippen MR) is 67.4 cm³/mol. The number of ether oxygens (including phenoxy) is 1. The van der Waals surface area contributed by atoms with Gasteiger partial charge in [0.25, 0.3) is 0 Å². The van der Waals surface area contributed by atoms with Gasteiger partial charge in [0, 0.05) is 12.1 Å². The molecule has 0 radical (unpaired) electrons. The first kappa shape index (κ1) is 11.3. The van der Waals surface area contributed by atoms with Gasteiger partial charge in [-0.3, -0.25) is 0 Å². The van der Waals surface area contributed by atoms with Gasteiger partial charge in [-0.2, -0.15) is 0 Å². The summed E-state index contributed by atoms with van der Waals surface area (Å²) < 4.78 is 10.9. The lowest BCUT2D eigenvalue weighted by Gasteiger charge is -2.12. The van der Waals surface area contributed by atoms with Crippen molar-refractivity contribution < 1.29 is 9.26 Å². The second-order valence-corrected chi connectivity index (χ2v) is 4.47. The normalized spacial score (nSPS) is 17.7. The Morgan fingerprint density at radius 3 is 3.17 bits per heavy atom. The van der Waals surface area contributed by atoms with Crippen LogP contribution in [0.25, 0.3) is 0 Å². The fourth-order valence-corrected chi connectivity index (χ4v) is 2.52. The number of aromatic nitrogens is 1. The fraction of sp³-hybridized carbons (Fsp3) is 0.357. The van der Waals surface area contributed by atoms with Crippen LogP contribution < -0.4 is 10.1 Å². The monoisotopic (exact) mass is 244 g/mol. The molecule has 1 heterocycles. The summed E-state index contributed by atoms with van der Waals surface area (Å²) in [5, 5.41) is 7.00. The van der Waals surface area contributed by atoms with Gasteiger partial charge in [-0.1, -0.05) is 17.3 Å². The van der Waals surface area contributed by atoms with Crippen LogP contribution in [0.3, 0.4) is 0 Å². The molecule has 1 N–H and O–H groups in total. The number of fused-ring (bicyclic) bond motifs is 1. The Morgan fingerprint density at radius 2 is 2.39 bits per heavy atom. The summed E-state index contributed by atoms with van der Waals surface area (Å²) in [6.45, 7) is 0.431. The van der Waals surface area contributed by atoms with Gasteiger partial charge >= 0.3 is 0 Å². The molecule has 1 aliphatic rings.